The number of urea groups is 1. The fraction of sp³-hybridized carbons (Fsp3) is 0.750. The summed E-state index contributed by atoms with van der Waals surface area (Å²) in [4.78, 5) is 21.6. The van der Waals surface area contributed by atoms with Crippen molar-refractivity contribution in [2.24, 2.45) is 0 Å². The maximum Gasteiger partial charge on any atom is 0.328 e. The minimum atomic E-state index is -1.25. The number of aliphatic carboxylic acids is 1. The van der Waals surface area contributed by atoms with Crippen molar-refractivity contribution in [3.05, 3.63) is 0 Å². The number of amides is 2. The standard InChI is InChI=1S/C8H14N2O4/c1-8(2-3-8)10-7(14)9-5(4-11)6(12)13/h5,11H,2-4H2,1H3,(H,12,13)(H2,9,10,14)/t5-/m0/s1. The second-order valence-electron chi connectivity index (χ2n) is 3.73. The zero-order valence-corrected chi connectivity index (χ0v) is 7.91. The summed E-state index contributed by atoms with van der Waals surface area (Å²) in [6, 6.07) is -1.79. The van der Waals surface area contributed by atoms with Gasteiger partial charge >= 0.3 is 12.0 Å². The van der Waals surface area contributed by atoms with Crippen molar-refractivity contribution in [3.63, 3.8) is 0 Å². The van der Waals surface area contributed by atoms with Crippen LogP contribution < -0.4 is 10.6 Å². The van der Waals surface area contributed by atoms with E-state index in [1.807, 2.05) is 6.92 Å². The van der Waals surface area contributed by atoms with E-state index in [0.717, 1.165) is 12.8 Å². The molecule has 0 aliphatic heterocycles. The summed E-state index contributed by atoms with van der Waals surface area (Å²) in [5.41, 5.74) is -0.192. The molecule has 0 aromatic carbocycles. The molecule has 6 nitrogen and oxygen atoms in total. The Morgan fingerprint density at radius 3 is 2.43 bits per heavy atom. The van der Waals surface area contributed by atoms with Crippen LogP contribution in [0.3, 0.4) is 0 Å². The van der Waals surface area contributed by atoms with Crippen LogP contribution in [0.2, 0.25) is 0 Å². The van der Waals surface area contributed by atoms with Gasteiger partial charge in [0.25, 0.3) is 0 Å². The van der Waals surface area contributed by atoms with Gasteiger partial charge in [0.15, 0.2) is 6.04 Å². The summed E-state index contributed by atoms with van der Waals surface area (Å²) in [5, 5.41) is 22.0. The number of carboxylic acid groups (broad SMARTS) is 1. The van der Waals surface area contributed by atoms with Gasteiger partial charge in [0.1, 0.15) is 0 Å². The van der Waals surface area contributed by atoms with E-state index in [4.69, 9.17) is 10.2 Å². The van der Waals surface area contributed by atoms with Crippen LogP contribution in [0.15, 0.2) is 0 Å². The maximum atomic E-state index is 11.2. The van der Waals surface area contributed by atoms with Crippen LogP contribution in [0.25, 0.3) is 0 Å². The Labute approximate surface area is 81.3 Å². The molecule has 14 heavy (non-hydrogen) atoms. The highest BCUT2D eigenvalue weighted by molar-refractivity contribution is 5.83. The third-order valence-electron chi connectivity index (χ3n) is 2.20. The van der Waals surface area contributed by atoms with Crippen molar-refractivity contribution in [1.82, 2.24) is 10.6 Å². The van der Waals surface area contributed by atoms with Crippen molar-refractivity contribution in [2.45, 2.75) is 31.3 Å². The maximum absolute atomic E-state index is 11.2. The minimum Gasteiger partial charge on any atom is -0.480 e. The van der Waals surface area contributed by atoms with E-state index in [1.165, 1.54) is 0 Å². The van der Waals surface area contributed by atoms with Crippen molar-refractivity contribution in [1.29, 1.82) is 0 Å². The Balaban J connectivity index is 2.34. The number of rotatable bonds is 4. The normalized spacial score (nSPS) is 19.6. The van der Waals surface area contributed by atoms with E-state index < -0.39 is 24.6 Å². The molecule has 0 aromatic rings. The number of hydrogen-bond donors (Lipinski definition) is 4. The molecule has 80 valence electrons. The Kier molecular flexibility index (Phi) is 2.95. The van der Waals surface area contributed by atoms with Crippen LogP contribution in [0.4, 0.5) is 4.79 Å². The third kappa shape index (κ3) is 2.88. The smallest absolute Gasteiger partial charge is 0.328 e. The number of aliphatic hydroxyl groups excluding tert-OH is 1. The fourth-order valence-electron chi connectivity index (χ4n) is 0.966. The Morgan fingerprint density at radius 2 is 2.07 bits per heavy atom. The van der Waals surface area contributed by atoms with Gasteiger partial charge in [-0.2, -0.15) is 0 Å². The van der Waals surface area contributed by atoms with Gasteiger partial charge in [-0.05, 0) is 19.8 Å². The Hall–Kier alpha value is -1.30. The first-order valence-electron chi connectivity index (χ1n) is 4.39. The zero-order chi connectivity index (χ0) is 10.8. The number of carbonyl (C=O) groups excluding carboxylic acids is 1. The van der Waals surface area contributed by atoms with Gasteiger partial charge in [0.2, 0.25) is 0 Å². The molecule has 0 spiro atoms. The van der Waals surface area contributed by atoms with E-state index in [9.17, 15) is 9.59 Å². The van der Waals surface area contributed by atoms with Crippen LogP contribution in [-0.2, 0) is 4.79 Å². The molecule has 1 fully saturated rings. The molecule has 0 aromatic heterocycles. The molecule has 1 rings (SSSR count). The molecule has 0 saturated heterocycles. The summed E-state index contributed by atoms with van der Waals surface area (Å²) in [6.07, 6.45) is 1.80. The average molecular weight is 202 g/mol. The molecule has 1 aliphatic carbocycles. The van der Waals surface area contributed by atoms with Crippen LogP contribution in [0, 0.1) is 0 Å². The first kappa shape index (κ1) is 10.8. The first-order chi connectivity index (χ1) is 6.47. The molecule has 1 saturated carbocycles. The molecule has 6 heteroatoms. The van der Waals surface area contributed by atoms with E-state index in [2.05, 4.69) is 10.6 Å². The van der Waals surface area contributed by atoms with Gasteiger partial charge < -0.3 is 20.8 Å². The molecule has 1 aliphatic rings. The number of hydrogen-bond acceptors (Lipinski definition) is 3. The van der Waals surface area contributed by atoms with Gasteiger partial charge in [-0.15, -0.1) is 0 Å². The average Bonchev–Trinajstić information content (AvgIpc) is 2.78. The quantitative estimate of drug-likeness (QED) is 0.483. The number of nitrogens with one attached hydrogen (secondary N) is 2. The monoisotopic (exact) mass is 202 g/mol. The zero-order valence-electron chi connectivity index (χ0n) is 7.91. The van der Waals surface area contributed by atoms with Gasteiger partial charge in [0, 0.05) is 5.54 Å². The lowest BCUT2D eigenvalue weighted by Crippen LogP contribution is -2.50. The van der Waals surface area contributed by atoms with Gasteiger partial charge in [-0.3, -0.25) is 0 Å². The third-order valence-corrected chi connectivity index (χ3v) is 2.20. The first-order valence-corrected chi connectivity index (χ1v) is 4.39. The molecule has 2 amide bonds. The van der Waals surface area contributed by atoms with Crippen molar-refractivity contribution < 1.29 is 19.8 Å². The van der Waals surface area contributed by atoms with Gasteiger partial charge in [-0.25, -0.2) is 9.59 Å². The molecule has 0 heterocycles. The van der Waals surface area contributed by atoms with E-state index in [0.29, 0.717) is 0 Å². The van der Waals surface area contributed by atoms with Crippen LogP contribution in [0.1, 0.15) is 19.8 Å². The van der Waals surface area contributed by atoms with Crippen LogP contribution >= 0.6 is 0 Å². The van der Waals surface area contributed by atoms with Crippen LogP contribution in [0.5, 0.6) is 0 Å². The second-order valence-corrected chi connectivity index (χ2v) is 3.73. The lowest BCUT2D eigenvalue weighted by Gasteiger charge is -2.15. The largest absolute Gasteiger partial charge is 0.480 e. The molecule has 0 unspecified atom stereocenters. The van der Waals surface area contributed by atoms with Gasteiger partial charge in [-0.1, -0.05) is 0 Å². The number of carbonyl (C=O) groups is 2. The Bertz CT molecular complexity index is 250. The second kappa shape index (κ2) is 3.83. The van der Waals surface area contributed by atoms with Crippen molar-refractivity contribution in [2.75, 3.05) is 6.61 Å². The summed E-state index contributed by atoms with van der Waals surface area (Å²) in [6.45, 7) is 1.26. The fourth-order valence-corrected chi connectivity index (χ4v) is 0.966. The molecular formula is C8H14N2O4. The highest BCUT2D eigenvalue weighted by atomic mass is 16.4. The SMILES string of the molecule is CC1(NC(=O)N[C@@H](CO)C(=O)O)CC1. The molecule has 0 radical (unpaired) electrons. The minimum absolute atomic E-state index is 0.192. The number of carboxylic acids is 1. The summed E-state index contributed by atoms with van der Waals surface area (Å²) in [5.74, 6) is -1.25. The molecule has 1 atom stereocenters. The summed E-state index contributed by atoms with van der Waals surface area (Å²) >= 11 is 0. The molecular weight excluding hydrogens is 188 g/mol. The topological polar surface area (TPSA) is 98.7 Å². The molecule has 0 bridgehead atoms. The Morgan fingerprint density at radius 1 is 1.50 bits per heavy atom. The van der Waals surface area contributed by atoms with E-state index in [1.54, 1.807) is 0 Å². The predicted octanol–water partition coefficient (Wildman–Crippen LogP) is -0.716. The van der Waals surface area contributed by atoms with Crippen molar-refractivity contribution in [3.8, 4) is 0 Å². The van der Waals surface area contributed by atoms with Crippen LogP contribution in [-0.4, -0.2) is 40.4 Å². The predicted molar refractivity (Wildman–Crippen MR) is 47.8 cm³/mol. The lowest BCUT2D eigenvalue weighted by molar-refractivity contribution is -0.140. The highest BCUT2D eigenvalue weighted by Gasteiger charge is 2.39. The molecule has 4 N–H and O–H groups in total. The van der Waals surface area contributed by atoms with E-state index in [-0.39, 0.29) is 5.54 Å². The summed E-state index contributed by atoms with van der Waals surface area (Å²) < 4.78 is 0. The lowest BCUT2D eigenvalue weighted by atomic mass is 10.3. The van der Waals surface area contributed by atoms with Crippen molar-refractivity contribution >= 4 is 12.0 Å². The van der Waals surface area contributed by atoms with E-state index >= 15 is 0 Å². The summed E-state index contributed by atoms with van der Waals surface area (Å²) in [7, 11) is 0. The highest BCUT2D eigenvalue weighted by Crippen LogP contribution is 2.33. The number of aliphatic hydroxyl groups is 1. The van der Waals surface area contributed by atoms with Gasteiger partial charge in [0.05, 0.1) is 6.61 Å².